The van der Waals surface area contributed by atoms with Gasteiger partial charge in [-0.25, -0.2) is 0 Å². The van der Waals surface area contributed by atoms with Crippen LogP contribution in [-0.4, -0.2) is 8.90 Å². The molecule has 0 radical (unpaired) electrons. The largest absolute Gasteiger partial charge is 0.308 e. The van der Waals surface area contributed by atoms with Crippen LogP contribution in [0.5, 0.6) is 0 Å². The van der Waals surface area contributed by atoms with E-state index in [9.17, 15) is 0 Å². The maximum atomic E-state index is 5.96. The first-order chi connectivity index (χ1) is 7.91. The summed E-state index contributed by atoms with van der Waals surface area (Å²) < 4.78 is -0.591. The molecule has 0 saturated heterocycles. The van der Waals surface area contributed by atoms with Crippen LogP contribution < -0.4 is 11.5 Å². The molecule has 0 saturated carbocycles. The molecule has 0 bridgehead atoms. The topological polar surface area (TPSA) is 52.0 Å². The first-order valence-electron chi connectivity index (χ1n) is 5.31. The summed E-state index contributed by atoms with van der Waals surface area (Å²) in [7, 11) is 0. The third kappa shape index (κ3) is 2.88. The van der Waals surface area contributed by atoms with E-state index in [0.717, 1.165) is 6.42 Å². The minimum absolute atomic E-state index is 0.591. The number of benzene rings is 1. The van der Waals surface area contributed by atoms with E-state index in [1.54, 1.807) is 0 Å². The molecule has 0 fully saturated rings. The predicted molar refractivity (Wildman–Crippen MR) is 79.1 cm³/mol. The first-order valence-corrected chi connectivity index (χ1v) is 6.90. The third-order valence-electron chi connectivity index (χ3n) is 2.77. The van der Waals surface area contributed by atoms with Crippen LogP contribution in [0.2, 0.25) is 0 Å². The van der Waals surface area contributed by atoms with Gasteiger partial charge in [-0.3, -0.25) is 0 Å². The van der Waals surface area contributed by atoms with Gasteiger partial charge in [0.05, 0.1) is 0 Å². The second-order valence-corrected chi connectivity index (χ2v) is 7.84. The lowest BCUT2D eigenvalue weighted by Crippen LogP contribution is -2.60. The Morgan fingerprint density at radius 3 is 2.29 bits per heavy atom. The van der Waals surface area contributed by atoms with Crippen molar-refractivity contribution in [2.24, 2.45) is 11.5 Å². The molecule has 4 heteroatoms. The van der Waals surface area contributed by atoms with Crippen molar-refractivity contribution >= 4 is 31.9 Å². The van der Waals surface area contributed by atoms with Crippen LogP contribution in [0.25, 0.3) is 0 Å². The molecule has 0 aromatic heterocycles. The molecule has 0 amide bonds. The Balaban J connectivity index is 2.20. The van der Waals surface area contributed by atoms with E-state index >= 15 is 0 Å². The Bertz CT molecular complexity index is 462. The monoisotopic (exact) mass is 356 g/mol. The van der Waals surface area contributed by atoms with Crippen LogP contribution in [0.1, 0.15) is 5.56 Å². The number of alkyl halides is 2. The Kier molecular flexibility index (Phi) is 3.59. The second kappa shape index (κ2) is 4.69. The highest BCUT2D eigenvalue weighted by atomic mass is 79.9. The highest BCUT2D eigenvalue weighted by molar-refractivity contribution is 9.25. The summed E-state index contributed by atoms with van der Waals surface area (Å²) >= 11 is 7.01. The van der Waals surface area contributed by atoms with Crippen LogP contribution >= 0.6 is 31.9 Å². The van der Waals surface area contributed by atoms with E-state index in [1.165, 1.54) is 11.1 Å². The Labute approximate surface area is 118 Å². The zero-order valence-electron chi connectivity index (χ0n) is 9.24. The van der Waals surface area contributed by atoms with E-state index in [1.807, 2.05) is 36.4 Å². The fourth-order valence-corrected chi connectivity index (χ4v) is 2.56. The van der Waals surface area contributed by atoms with Gasteiger partial charge in [0, 0.05) is 0 Å². The SMILES string of the molecule is NC1(N)C=CC(Cc2ccccc2)=CC1(Br)Br. The molecule has 1 aliphatic rings. The number of hydrogen-bond donors (Lipinski definition) is 2. The van der Waals surface area contributed by atoms with Crippen molar-refractivity contribution in [2.75, 3.05) is 0 Å². The molecule has 1 aromatic carbocycles. The number of halogens is 2. The van der Waals surface area contributed by atoms with Gasteiger partial charge < -0.3 is 11.5 Å². The van der Waals surface area contributed by atoms with E-state index in [4.69, 9.17) is 11.5 Å². The minimum Gasteiger partial charge on any atom is -0.308 e. The molecule has 0 heterocycles. The molecule has 0 aliphatic heterocycles. The van der Waals surface area contributed by atoms with E-state index in [0.29, 0.717) is 0 Å². The zero-order valence-corrected chi connectivity index (χ0v) is 12.4. The number of allylic oxidation sites excluding steroid dienone is 2. The van der Waals surface area contributed by atoms with E-state index in [-0.39, 0.29) is 0 Å². The molecule has 0 atom stereocenters. The maximum absolute atomic E-state index is 5.96. The molecule has 17 heavy (non-hydrogen) atoms. The summed E-state index contributed by atoms with van der Waals surface area (Å²) in [5.74, 6) is 0. The fraction of sp³-hybridized carbons (Fsp3) is 0.231. The fourth-order valence-electron chi connectivity index (χ4n) is 1.70. The lowest BCUT2D eigenvalue weighted by molar-refractivity contribution is 0.552. The molecule has 0 spiro atoms. The van der Waals surface area contributed by atoms with Crippen molar-refractivity contribution in [1.29, 1.82) is 0 Å². The number of rotatable bonds is 2. The van der Waals surface area contributed by atoms with Crippen molar-refractivity contribution in [2.45, 2.75) is 15.3 Å². The van der Waals surface area contributed by atoms with Crippen molar-refractivity contribution in [3.8, 4) is 0 Å². The molecular formula is C13H14Br2N2. The lowest BCUT2D eigenvalue weighted by atomic mass is 9.94. The van der Waals surface area contributed by atoms with Gasteiger partial charge in [-0.2, -0.15) is 0 Å². The van der Waals surface area contributed by atoms with E-state index in [2.05, 4.69) is 44.0 Å². The lowest BCUT2D eigenvalue weighted by Gasteiger charge is -2.36. The van der Waals surface area contributed by atoms with Crippen LogP contribution in [0, 0.1) is 0 Å². The molecule has 1 aromatic rings. The van der Waals surface area contributed by atoms with Crippen molar-refractivity contribution in [3.63, 3.8) is 0 Å². The van der Waals surface area contributed by atoms with Crippen LogP contribution in [0.3, 0.4) is 0 Å². The number of hydrogen-bond acceptors (Lipinski definition) is 2. The van der Waals surface area contributed by atoms with Gasteiger partial charge in [0.25, 0.3) is 0 Å². The van der Waals surface area contributed by atoms with Gasteiger partial charge in [0.15, 0.2) is 0 Å². The highest BCUT2D eigenvalue weighted by Gasteiger charge is 2.40. The van der Waals surface area contributed by atoms with Gasteiger partial charge in [-0.05, 0) is 23.6 Å². The Morgan fingerprint density at radius 1 is 1.06 bits per heavy atom. The van der Waals surface area contributed by atoms with Gasteiger partial charge >= 0.3 is 0 Å². The van der Waals surface area contributed by atoms with Crippen LogP contribution in [-0.2, 0) is 6.42 Å². The van der Waals surface area contributed by atoms with Crippen molar-refractivity contribution in [3.05, 3.63) is 59.7 Å². The molecule has 2 rings (SSSR count). The van der Waals surface area contributed by atoms with Crippen LogP contribution in [0.15, 0.2) is 54.1 Å². The smallest absolute Gasteiger partial charge is 0.133 e. The Hall–Kier alpha value is -0.420. The summed E-state index contributed by atoms with van der Waals surface area (Å²) in [6, 6.07) is 10.3. The predicted octanol–water partition coefficient (Wildman–Crippen LogP) is 2.83. The minimum atomic E-state index is -0.923. The van der Waals surface area contributed by atoms with Gasteiger partial charge in [-0.15, -0.1) is 0 Å². The number of nitrogens with two attached hydrogens (primary N) is 2. The summed E-state index contributed by atoms with van der Waals surface area (Å²) in [6.07, 6.45) is 6.68. The average molecular weight is 358 g/mol. The second-order valence-electron chi connectivity index (χ2n) is 4.27. The standard InChI is InChI=1S/C13H14Br2N2/c14-12(15)9-11(6-7-13(12,16)17)8-10-4-2-1-3-5-10/h1-7,9H,8,16-17H2. The average Bonchev–Trinajstić information content (AvgIpc) is 2.25. The molecule has 0 unspecified atom stereocenters. The summed E-state index contributed by atoms with van der Waals surface area (Å²) in [5.41, 5.74) is 13.4. The van der Waals surface area contributed by atoms with Gasteiger partial charge in [-0.1, -0.05) is 74.3 Å². The molecular weight excluding hydrogens is 344 g/mol. The molecule has 90 valence electrons. The zero-order chi connectivity index (χ0) is 12.5. The maximum Gasteiger partial charge on any atom is 0.133 e. The summed E-state index contributed by atoms with van der Waals surface area (Å²) in [5, 5.41) is 0. The quantitative estimate of drug-likeness (QED) is 0.631. The summed E-state index contributed by atoms with van der Waals surface area (Å²) in [4.78, 5) is 0. The van der Waals surface area contributed by atoms with Crippen LogP contribution in [0.4, 0.5) is 0 Å². The molecule has 4 N–H and O–H groups in total. The molecule has 2 nitrogen and oxygen atoms in total. The van der Waals surface area contributed by atoms with E-state index < -0.39 is 8.90 Å². The van der Waals surface area contributed by atoms with Crippen molar-refractivity contribution in [1.82, 2.24) is 0 Å². The summed E-state index contributed by atoms with van der Waals surface area (Å²) in [6.45, 7) is 0. The van der Waals surface area contributed by atoms with Gasteiger partial charge in [0.1, 0.15) is 8.90 Å². The Morgan fingerprint density at radius 2 is 1.71 bits per heavy atom. The first kappa shape index (κ1) is 13.0. The third-order valence-corrected chi connectivity index (χ3v) is 4.60. The highest BCUT2D eigenvalue weighted by Crippen LogP contribution is 2.40. The van der Waals surface area contributed by atoms with Crippen molar-refractivity contribution < 1.29 is 0 Å². The molecule has 1 aliphatic carbocycles. The normalized spacial score (nSPS) is 21.1. The van der Waals surface area contributed by atoms with Gasteiger partial charge in [0.2, 0.25) is 0 Å².